The molecule has 0 unspecified atom stereocenters. The molecular formula is C13H11F2IN2O. The Hall–Kier alpha value is -1.44. The highest BCUT2D eigenvalue weighted by Gasteiger charge is 2.13. The normalized spacial score (nSPS) is 10.3. The first-order chi connectivity index (χ1) is 9.10. The minimum Gasteiger partial charge on any atom is -0.436 e. The summed E-state index contributed by atoms with van der Waals surface area (Å²) < 4.78 is 33.3. The fourth-order valence-corrected chi connectivity index (χ4v) is 1.79. The fraction of sp³-hybridized carbons (Fsp3) is 0.154. The van der Waals surface area contributed by atoms with Crippen LogP contribution in [-0.4, -0.2) is 11.5 Å². The summed E-state index contributed by atoms with van der Waals surface area (Å²) >= 11 is 2.15. The van der Waals surface area contributed by atoms with E-state index in [0.29, 0.717) is 12.3 Å². The Kier molecular flexibility index (Phi) is 4.52. The van der Waals surface area contributed by atoms with Crippen LogP contribution in [0, 0.1) is 15.2 Å². The van der Waals surface area contributed by atoms with Gasteiger partial charge in [-0.1, -0.05) is 0 Å². The second-order valence-corrected chi connectivity index (χ2v) is 4.94. The van der Waals surface area contributed by atoms with E-state index < -0.39 is 11.6 Å². The van der Waals surface area contributed by atoms with Crippen molar-refractivity contribution in [2.45, 2.75) is 6.92 Å². The molecule has 0 aliphatic rings. The molecule has 0 fully saturated rings. The highest BCUT2D eigenvalue weighted by atomic mass is 127. The van der Waals surface area contributed by atoms with Gasteiger partial charge in [0.2, 0.25) is 0 Å². The van der Waals surface area contributed by atoms with Crippen LogP contribution in [0.2, 0.25) is 0 Å². The zero-order valence-electron chi connectivity index (χ0n) is 10.1. The molecule has 0 bridgehead atoms. The van der Waals surface area contributed by atoms with Crippen LogP contribution in [0.15, 0.2) is 30.3 Å². The summed E-state index contributed by atoms with van der Waals surface area (Å²) in [4.78, 5) is 3.79. The number of nitrogens with one attached hydrogen (secondary N) is 1. The number of hydrogen-bond donors (Lipinski definition) is 1. The van der Waals surface area contributed by atoms with E-state index in [9.17, 15) is 8.78 Å². The number of ether oxygens (including phenoxy) is 1. The first-order valence-electron chi connectivity index (χ1n) is 5.63. The van der Waals surface area contributed by atoms with Crippen molar-refractivity contribution in [3.63, 3.8) is 0 Å². The summed E-state index contributed by atoms with van der Waals surface area (Å²) in [7, 11) is 0. The maximum Gasteiger partial charge on any atom is 0.258 e. The highest BCUT2D eigenvalue weighted by molar-refractivity contribution is 14.1. The van der Waals surface area contributed by atoms with Gasteiger partial charge in [-0.15, -0.1) is 0 Å². The van der Waals surface area contributed by atoms with Gasteiger partial charge in [0.15, 0.2) is 17.5 Å². The van der Waals surface area contributed by atoms with Crippen molar-refractivity contribution in [2.24, 2.45) is 0 Å². The Morgan fingerprint density at radius 3 is 2.53 bits per heavy atom. The molecule has 2 rings (SSSR count). The third-order valence-corrected chi connectivity index (χ3v) is 2.99. The molecular weight excluding hydrogens is 365 g/mol. The molecule has 1 heterocycles. The summed E-state index contributed by atoms with van der Waals surface area (Å²) in [6.45, 7) is 2.28. The minimum absolute atomic E-state index is 0.0237. The lowest BCUT2D eigenvalue weighted by Gasteiger charge is -2.09. The SMILES string of the molecule is CCNc1nc(Oc2ccc(I)cc2)c(F)cc1F. The predicted octanol–water partition coefficient (Wildman–Crippen LogP) is 4.19. The second kappa shape index (κ2) is 6.14. The number of anilines is 1. The van der Waals surface area contributed by atoms with Crippen molar-refractivity contribution in [3.05, 3.63) is 45.5 Å². The molecule has 0 radical (unpaired) electrons. The van der Waals surface area contributed by atoms with Crippen LogP contribution >= 0.6 is 22.6 Å². The van der Waals surface area contributed by atoms with Gasteiger partial charge < -0.3 is 10.1 Å². The zero-order chi connectivity index (χ0) is 13.8. The number of nitrogens with zero attached hydrogens (tertiary/aromatic N) is 1. The molecule has 0 saturated heterocycles. The van der Waals surface area contributed by atoms with Gasteiger partial charge in [0.05, 0.1) is 0 Å². The number of hydrogen-bond acceptors (Lipinski definition) is 3. The van der Waals surface area contributed by atoms with Gasteiger partial charge in [0, 0.05) is 16.2 Å². The van der Waals surface area contributed by atoms with Crippen molar-refractivity contribution in [2.75, 3.05) is 11.9 Å². The van der Waals surface area contributed by atoms with Gasteiger partial charge >= 0.3 is 0 Å². The molecule has 0 aliphatic heterocycles. The number of pyridine rings is 1. The lowest BCUT2D eigenvalue weighted by atomic mass is 10.3. The molecule has 1 aromatic carbocycles. The summed E-state index contributed by atoms with van der Waals surface area (Å²) in [5, 5.41) is 2.70. The van der Waals surface area contributed by atoms with E-state index in [2.05, 4.69) is 32.9 Å². The van der Waals surface area contributed by atoms with Gasteiger partial charge in [-0.05, 0) is 53.8 Å². The van der Waals surface area contributed by atoms with Crippen LogP contribution in [0.5, 0.6) is 11.6 Å². The Morgan fingerprint density at radius 1 is 1.21 bits per heavy atom. The first kappa shape index (κ1) is 14.0. The Morgan fingerprint density at radius 2 is 1.89 bits per heavy atom. The molecule has 0 saturated carbocycles. The van der Waals surface area contributed by atoms with E-state index in [1.807, 2.05) is 12.1 Å². The van der Waals surface area contributed by atoms with E-state index in [1.54, 1.807) is 19.1 Å². The summed E-state index contributed by atoms with van der Waals surface area (Å²) in [6.07, 6.45) is 0. The highest BCUT2D eigenvalue weighted by Crippen LogP contribution is 2.26. The third kappa shape index (κ3) is 3.52. The second-order valence-electron chi connectivity index (χ2n) is 3.69. The van der Waals surface area contributed by atoms with E-state index in [4.69, 9.17) is 4.74 Å². The van der Waals surface area contributed by atoms with Crippen LogP contribution in [0.4, 0.5) is 14.6 Å². The smallest absolute Gasteiger partial charge is 0.258 e. The van der Waals surface area contributed by atoms with Crippen LogP contribution in [0.3, 0.4) is 0 Å². The molecule has 2 aromatic rings. The molecule has 1 N–H and O–H groups in total. The minimum atomic E-state index is -0.835. The van der Waals surface area contributed by atoms with Gasteiger partial charge in [-0.3, -0.25) is 0 Å². The Balaban J connectivity index is 2.28. The van der Waals surface area contributed by atoms with Crippen LogP contribution in [0.25, 0.3) is 0 Å². The maximum atomic E-state index is 13.6. The Bertz CT molecular complexity index is 576. The lowest BCUT2D eigenvalue weighted by molar-refractivity contribution is 0.418. The van der Waals surface area contributed by atoms with Gasteiger partial charge in [-0.2, -0.15) is 4.98 Å². The molecule has 6 heteroatoms. The summed E-state index contributed by atoms with van der Waals surface area (Å²) in [5.74, 6) is -1.41. The molecule has 19 heavy (non-hydrogen) atoms. The predicted molar refractivity (Wildman–Crippen MR) is 77.5 cm³/mol. The van der Waals surface area contributed by atoms with Gasteiger partial charge in [0.1, 0.15) is 5.75 Å². The van der Waals surface area contributed by atoms with E-state index in [0.717, 1.165) is 9.64 Å². The van der Waals surface area contributed by atoms with Gasteiger partial charge in [0.25, 0.3) is 5.88 Å². The largest absolute Gasteiger partial charge is 0.436 e. The molecule has 0 spiro atoms. The van der Waals surface area contributed by atoms with Crippen molar-refractivity contribution in [1.82, 2.24) is 4.98 Å². The molecule has 100 valence electrons. The molecule has 3 nitrogen and oxygen atoms in total. The quantitative estimate of drug-likeness (QED) is 0.813. The maximum absolute atomic E-state index is 13.6. The van der Waals surface area contributed by atoms with Crippen LogP contribution in [0.1, 0.15) is 6.92 Å². The number of benzene rings is 1. The standard InChI is InChI=1S/C13H11F2IN2O/c1-2-17-12-10(14)7-11(15)13(18-12)19-9-5-3-8(16)4-6-9/h3-7H,2H2,1H3,(H,17,18). The van der Waals surface area contributed by atoms with E-state index in [1.165, 1.54) is 0 Å². The number of aromatic nitrogens is 1. The lowest BCUT2D eigenvalue weighted by Crippen LogP contribution is -2.04. The van der Waals surface area contributed by atoms with Crippen molar-refractivity contribution < 1.29 is 13.5 Å². The molecule has 0 aliphatic carbocycles. The first-order valence-corrected chi connectivity index (χ1v) is 6.71. The fourth-order valence-electron chi connectivity index (χ4n) is 1.43. The number of halogens is 3. The molecule has 1 aromatic heterocycles. The summed E-state index contributed by atoms with van der Waals surface area (Å²) in [5.41, 5.74) is 0. The monoisotopic (exact) mass is 376 g/mol. The number of rotatable bonds is 4. The van der Waals surface area contributed by atoms with Crippen LogP contribution < -0.4 is 10.1 Å². The molecule has 0 amide bonds. The molecule has 0 atom stereocenters. The Labute approximate surface area is 123 Å². The topological polar surface area (TPSA) is 34.2 Å². The van der Waals surface area contributed by atoms with Crippen LogP contribution in [-0.2, 0) is 0 Å². The van der Waals surface area contributed by atoms with E-state index in [-0.39, 0.29) is 11.7 Å². The van der Waals surface area contributed by atoms with Gasteiger partial charge in [-0.25, -0.2) is 8.78 Å². The average molecular weight is 376 g/mol. The van der Waals surface area contributed by atoms with Crippen molar-refractivity contribution in [1.29, 1.82) is 0 Å². The zero-order valence-corrected chi connectivity index (χ0v) is 12.2. The van der Waals surface area contributed by atoms with Crippen molar-refractivity contribution in [3.8, 4) is 11.6 Å². The van der Waals surface area contributed by atoms with Crippen molar-refractivity contribution >= 4 is 28.4 Å². The third-order valence-electron chi connectivity index (χ3n) is 2.27. The summed E-state index contributed by atoms with van der Waals surface area (Å²) in [6, 6.07) is 7.79. The van der Waals surface area contributed by atoms with E-state index >= 15 is 0 Å². The average Bonchev–Trinajstić information content (AvgIpc) is 2.38.